The molecule has 0 radical (unpaired) electrons. The van der Waals surface area contributed by atoms with Gasteiger partial charge in [-0.1, -0.05) is 30.3 Å². The molecule has 0 saturated carbocycles. The van der Waals surface area contributed by atoms with Crippen molar-refractivity contribution in [1.29, 1.82) is 5.26 Å². The van der Waals surface area contributed by atoms with E-state index in [2.05, 4.69) is 16.2 Å². The molecule has 2 aromatic heterocycles. The molecule has 0 aliphatic rings. The lowest BCUT2D eigenvalue weighted by atomic mass is 10.1. The molecular weight excluding hydrogens is 326 g/mol. The lowest BCUT2D eigenvalue weighted by molar-refractivity contribution is 0.415. The van der Waals surface area contributed by atoms with Gasteiger partial charge in [-0.05, 0) is 29.8 Å². The molecule has 0 saturated heterocycles. The quantitative estimate of drug-likeness (QED) is 0.616. The van der Waals surface area contributed by atoms with Crippen molar-refractivity contribution < 1.29 is 4.74 Å². The highest BCUT2D eigenvalue weighted by Gasteiger charge is 2.19. The van der Waals surface area contributed by atoms with Gasteiger partial charge >= 0.3 is 0 Å². The molecule has 0 amide bonds. The van der Waals surface area contributed by atoms with E-state index >= 15 is 0 Å². The van der Waals surface area contributed by atoms with Crippen LogP contribution in [0.3, 0.4) is 0 Å². The summed E-state index contributed by atoms with van der Waals surface area (Å²) in [5.41, 5.74) is 10.3. The molecule has 26 heavy (non-hydrogen) atoms. The highest BCUT2D eigenvalue weighted by Crippen LogP contribution is 2.32. The van der Waals surface area contributed by atoms with E-state index in [0.717, 1.165) is 22.4 Å². The predicted molar refractivity (Wildman–Crippen MR) is 99.5 cm³/mol. The zero-order chi connectivity index (χ0) is 18.1. The largest absolute Gasteiger partial charge is 0.497 e. The van der Waals surface area contributed by atoms with Crippen LogP contribution in [0.5, 0.6) is 5.75 Å². The Kier molecular flexibility index (Phi) is 3.75. The van der Waals surface area contributed by atoms with Gasteiger partial charge in [0.25, 0.3) is 0 Å². The molecule has 0 atom stereocenters. The first-order chi connectivity index (χ1) is 12.7. The maximum atomic E-state index is 9.61. The molecule has 0 aliphatic heterocycles. The van der Waals surface area contributed by atoms with Gasteiger partial charge in [-0.3, -0.25) is 0 Å². The standard InChI is InChI=1S/C20H15N5O/c1-26-15-9-7-14(8-10-15)18-16(11-21)19(22)24-20-17(12-23-25(18)20)13-5-3-2-4-6-13/h2-10,12H,1H3,(H2,22,24). The van der Waals surface area contributed by atoms with E-state index in [-0.39, 0.29) is 5.82 Å². The smallest absolute Gasteiger partial charge is 0.165 e. The van der Waals surface area contributed by atoms with Crippen molar-refractivity contribution in [3.63, 3.8) is 0 Å². The molecule has 0 unspecified atom stereocenters. The van der Waals surface area contributed by atoms with E-state index in [4.69, 9.17) is 10.5 Å². The number of fused-ring (bicyclic) bond motifs is 1. The number of methoxy groups -OCH3 is 1. The van der Waals surface area contributed by atoms with Crippen molar-refractivity contribution >= 4 is 11.5 Å². The average Bonchev–Trinajstić information content (AvgIpc) is 3.11. The summed E-state index contributed by atoms with van der Waals surface area (Å²) < 4.78 is 6.88. The first kappa shape index (κ1) is 15.7. The first-order valence-corrected chi connectivity index (χ1v) is 8.00. The van der Waals surface area contributed by atoms with Crippen LogP contribution >= 0.6 is 0 Å². The summed E-state index contributed by atoms with van der Waals surface area (Å²) in [6.07, 6.45) is 1.74. The number of aromatic nitrogens is 3. The number of hydrogen-bond donors (Lipinski definition) is 1. The van der Waals surface area contributed by atoms with E-state index in [9.17, 15) is 5.26 Å². The van der Waals surface area contributed by atoms with Gasteiger partial charge in [0.2, 0.25) is 0 Å². The van der Waals surface area contributed by atoms with Crippen LogP contribution in [0.15, 0.2) is 60.8 Å². The molecular formula is C20H15N5O. The summed E-state index contributed by atoms with van der Waals surface area (Å²) >= 11 is 0. The van der Waals surface area contributed by atoms with E-state index in [1.54, 1.807) is 17.8 Å². The van der Waals surface area contributed by atoms with E-state index in [1.165, 1.54) is 0 Å². The molecule has 6 nitrogen and oxygen atoms in total. The molecule has 2 N–H and O–H groups in total. The van der Waals surface area contributed by atoms with Gasteiger partial charge in [0.05, 0.1) is 19.0 Å². The Morgan fingerprint density at radius 2 is 1.77 bits per heavy atom. The summed E-state index contributed by atoms with van der Waals surface area (Å²) in [7, 11) is 1.61. The Hall–Kier alpha value is -3.85. The van der Waals surface area contributed by atoms with E-state index in [1.807, 2.05) is 54.6 Å². The minimum Gasteiger partial charge on any atom is -0.497 e. The second kappa shape index (κ2) is 6.22. The molecule has 0 spiro atoms. The van der Waals surface area contributed by atoms with Crippen LogP contribution in [0.4, 0.5) is 5.82 Å². The van der Waals surface area contributed by atoms with Crippen molar-refractivity contribution in [1.82, 2.24) is 14.6 Å². The molecule has 2 heterocycles. The summed E-state index contributed by atoms with van der Waals surface area (Å²) in [4.78, 5) is 4.43. The molecule has 6 heteroatoms. The molecule has 4 aromatic rings. The van der Waals surface area contributed by atoms with E-state index < -0.39 is 0 Å². The molecule has 4 rings (SSSR count). The fourth-order valence-electron chi connectivity index (χ4n) is 2.96. The zero-order valence-corrected chi connectivity index (χ0v) is 14.0. The number of nitriles is 1. The lowest BCUT2D eigenvalue weighted by Gasteiger charge is -2.10. The number of anilines is 1. The molecule has 0 bridgehead atoms. The second-order valence-corrected chi connectivity index (χ2v) is 5.72. The Morgan fingerprint density at radius 3 is 2.42 bits per heavy atom. The number of rotatable bonds is 3. The Labute approximate surface area is 150 Å². The SMILES string of the molecule is COc1ccc(-c2c(C#N)c(N)nc3c(-c4ccccc4)cnn23)cc1. The van der Waals surface area contributed by atoms with Crippen LogP contribution < -0.4 is 10.5 Å². The van der Waals surface area contributed by atoms with Gasteiger partial charge in [-0.2, -0.15) is 10.4 Å². The highest BCUT2D eigenvalue weighted by molar-refractivity contribution is 5.83. The number of nitrogens with two attached hydrogens (primary N) is 1. The Bertz CT molecular complexity index is 1130. The molecule has 2 aromatic carbocycles. The summed E-state index contributed by atoms with van der Waals surface area (Å²) in [6, 6.07) is 19.4. The third kappa shape index (κ3) is 2.43. The second-order valence-electron chi connectivity index (χ2n) is 5.72. The zero-order valence-electron chi connectivity index (χ0n) is 14.0. The Morgan fingerprint density at radius 1 is 1.04 bits per heavy atom. The van der Waals surface area contributed by atoms with Crippen molar-refractivity contribution in [3.05, 3.63) is 66.4 Å². The summed E-state index contributed by atoms with van der Waals surface area (Å²) in [5.74, 6) is 0.916. The molecule has 0 fully saturated rings. The molecule has 126 valence electrons. The normalized spacial score (nSPS) is 10.6. The summed E-state index contributed by atoms with van der Waals surface area (Å²) in [5, 5.41) is 14.1. The number of benzene rings is 2. The predicted octanol–water partition coefficient (Wildman–Crippen LogP) is 3.53. The van der Waals surface area contributed by atoms with Gasteiger partial charge in [-0.15, -0.1) is 0 Å². The monoisotopic (exact) mass is 341 g/mol. The van der Waals surface area contributed by atoms with Crippen LogP contribution in [0.2, 0.25) is 0 Å². The van der Waals surface area contributed by atoms with Crippen molar-refractivity contribution in [2.75, 3.05) is 12.8 Å². The number of ether oxygens (including phenoxy) is 1. The lowest BCUT2D eigenvalue weighted by Crippen LogP contribution is -2.05. The third-order valence-corrected chi connectivity index (χ3v) is 4.23. The first-order valence-electron chi connectivity index (χ1n) is 8.00. The average molecular weight is 341 g/mol. The van der Waals surface area contributed by atoms with Gasteiger partial charge in [0.1, 0.15) is 23.2 Å². The van der Waals surface area contributed by atoms with Crippen LogP contribution in [-0.2, 0) is 0 Å². The third-order valence-electron chi connectivity index (χ3n) is 4.23. The molecule has 0 aliphatic carbocycles. The number of hydrogen-bond acceptors (Lipinski definition) is 5. The highest BCUT2D eigenvalue weighted by atomic mass is 16.5. The number of nitrogens with zero attached hydrogens (tertiary/aromatic N) is 4. The fraction of sp³-hybridized carbons (Fsp3) is 0.0500. The maximum absolute atomic E-state index is 9.61. The van der Waals surface area contributed by atoms with Gasteiger partial charge in [0.15, 0.2) is 5.65 Å². The summed E-state index contributed by atoms with van der Waals surface area (Å²) in [6.45, 7) is 0. The minimum atomic E-state index is 0.184. The van der Waals surface area contributed by atoms with Crippen LogP contribution in [0.25, 0.3) is 28.0 Å². The van der Waals surface area contributed by atoms with Crippen molar-refractivity contribution in [3.8, 4) is 34.2 Å². The number of nitrogen functional groups attached to an aromatic ring is 1. The Balaban J connectivity index is 2.02. The minimum absolute atomic E-state index is 0.184. The van der Waals surface area contributed by atoms with Gasteiger partial charge < -0.3 is 10.5 Å². The van der Waals surface area contributed by atoms with Crippen LogP contribution in [0.1, 0.15) is 5.56 Å². The van der Waals surface area contributed by atoms with E-state index in [0.29, 0.717) is 16.9 Å². The topological polar surface area (TPSA) is 89.2 Å². The maximum Gasteiger partial charge on any atom is 0.165 e. The van der Waals surface area contributed by atoms with Gasteiger partial charge in [-0.25, -0.2) is 9.50 Å². The van der Waals surface area contributed by atoms with Gasteiger partial charge in [0, 0.05) is 11.1 Å². The van der Waals surface area contributed by atoms with Crippen LogP contribution in [-0.4, -0.2) is 21.7 Å². The van der Waals surface area contributed by atoms with Crippen LogP contribution in [0, 0.1) is 11.3 Å². The fourth-order valence-corrected chi connectivity index (χ4v) is 2.96. The van der Waals surface area contributed by atoms with Crippen molar-refractivity contribution in [2.45, 2.75) is 0 Å². The van der Waals surface area contributed by atoms with Crippen molar-refractivity contribution in [2.24, 2.45) is 0 Å².